The molecule has 2 aliphatic rings. The third kappa shape index (κ3) is 3.81. The summed E-state index contributed by atoms with van der Waals surface area (Å²) in [4.78, 5) is 27.9. The lowest BCUT2D eigenvalue weighted by Crippen LogP contribution is -2.57. The predicted molar refractivity (Wildman–Crippen MR) is 96.9 cm³/mol. The van der Waals surface area contributed by atoms with Crippen molar-refractivity contribution in [2.75, 3.05) is 6.54 Å². The predicted octanol–water partition coefficient (Wildman–Crippen LogP) is 4.76. The zero-order chi connectivity index (χ0) is 16.9. The molecule has 0 aromatic carbocycles. The van der Waals surface area contributed by atoms with E-state index in [0.29, 0.717) is 12.6 Å². The van der Waals surface area contributed by atoms with Crippen LogP contribution in [0.3, 0.4) is 0 Å². The van der Waals surface area contributed by atoms with Gasteiger partial charge >= 0.3 is 6.03 Å². The van der Waals surface area contributed by atoms with Crippen LogP contribution in [0.4, 0.5) is 4.79 Å². The van der Waals surface area contributed by atoms with Crippen molar-refractivity contribution in [1.82, 2.24) is 9.47 Å². The molecule has 1 saturated heterocycles. The Bertz CT molecular complexity index is 404. The largest absolute Gasteiger partial charge is 0.319 e. The topological polar surface area (TPSA) is 40.6 Å². The third-order valence-electron chi connectivity index (χ3n) is 5.63. The van der Waals surface area contributed by atoms with Gasteiger partial charge in [-0.05, 0) is 31.0 Å². The number of hydrogen-bond donors (Lipinski definition) is 0. The summed E-state index contributed by atoms with van der Waals surface area (Å²) in [6.45, 7) is 6.92. The van der Waals surface area contributed by atoms with Gasteiger partial charge in [0.05, 0.1) is 0 Å². The van der Waals surface area contributed by atoms with Crippen LogP contribution in [0.1, 0.15) is 72.1 Å². The molecule has 0 spiro atoms. The zero-order valence-electron chi connectivity index (χ0n) is 15.3. The van der Waals surface area contributed by atoms with Crippen LogP contribution in [-0.2, 0) is 4.79 Å². The van der Waals surface area contributed by atoms with Crippen LogP contribution in [0.2, 0.25) is 18.1 Å². The smallest absolute Gasteiger partial charge is 0.313 e. The first-order valence-electron chi connectivity index (χ1n) is 9.73. The number of carbonyl (C=O) groups is 2. The maximum absolute atomic E-state index is 13.2. The number of rotatable bonds is 8. The molecule has 0 N–H and O–H groups in total. The highest BCUT2D eigenvalue weighted by molar-refractivity contribution is 6.81. The molecule has 0 bridgehead atoms. The Hall–Kier alpha value is -0.843. The molecule has 4 nitrogen and oxygen atoms in total. The summed E-state index contributed by atoms with van der Waals surface area (Å²) in [6.07, 6.45) is 9.06. The number of urea groups is 1. The summed E-state index contributed by atoms with van der Waals surface area (Å²) in [6, 6.07) is 3.59. The number of carbonyl (C=O) groups excluding carboxylic acids is 2. The van der Waals surface area contributed by atoms with Crippen LogP contribution < -0.4 is 0 Å². The van der Waals surface area contributed by atoms with Crippen molar-refractivity contribution >= 4 is 20.2 Å². The fourth-order valence-corrected chi connectivity index (χ4v) is 10.1. The quantitative estimate of drug-likeness (QED) is 0.473. The highest BCUT2D eigenvalue weighted by Crippen LogP contribution is 2.35. The minimum absolute atomic E-state index is 0.0592. The lowest BCUT2D eigenvalue weighted by Gasteiger charge is -2.39. The van der Waals surface area contributed by atoms with Crippen LogP contribution in [0.15, 0.2) is 0 Å². The molecule has 132 valence electrons. The van der Waals surface area contributed by atoms with Crippen LogP contribution in [0, 0.1) is 0 Å². The van der Waals surface area contributed by atoms with Gasteiger partial charge in [-0.1, -0.05) is 59.3 Å². The van der Waals surface area contributed by atoms with Gasteiger partial charge in [-0.25, -0.2) is 4.79 Å². The normalized spacial score (nSPS) is 20.7. The monoisotopic (exact) mass is 338 g/mol. The molecule has 0 unspecified atom stereocenters. The third-order valence-corrected chi connectivity index (χ3v) is 11.3. The van der Waals surface area contributed by atoms with E-state index in [0.717, 1.165) is 50.2 Å². The van der Waals surface area contributed by atoms with E-state index in [1.54, 1.807) is 0 Å². The second-order valence-corrected chi connectivity index (χ2v) is 11.8. The molecule has 0 atom stereocenters. The fraction of sp³-hybridized carbons (Fsp3) is 0.889. The molecule has 23 heavy (non-hydrogen) atoms. The first-order valence-corrected chi connectivity index (χ1v) is 12.3. The maximum atomic E-state index is 13.2. The van der Waals surface area contributed by atoms with Crippen molar-refractivity contribution in [3.05, 3.63) is 0 Å². The Labute approximate surface area is 142 Å². The van der Waals surface area contributed by atoms with E-state index in [4.69, 9.17) is 0 Å². The summed E-state index contributed by atoms with van der Waals surface area (Å²) in [5, 5.41) is 0. The van der Waals surface area contributed by atoms with E-state index >= 15 is 0 Å². The summed E-state index contributed by atoms with van der Waals surface area (Å²) in [5.74, 6) is 0.0996. The second kappa shape index (κ2) is 8.31. The summed E-state index contributed by atoms with van der Waals surface area (Å²) < 4.78 is 1.82. The van der Waals surface area contributed by atoms with Crippen LogP contribution >= 0.6 is 0 Å². The van der Waals surface area contributed by atoms with Gasteiger partial charge in [0.25, 0.3) is 0 Å². The van der Waals surface area contributed by atoms with Crippen LogP contribution in [0.25, 0.3) is 0 Å². The maximum Gasteiger partial charge on any atom is 0.319 e. The molecular weight excluding hydrogens is 304 g/mol. The molecule has 5 heteroatoms. The van der Waals surface area contributed by atoms with E-state index in [2.05, 4.69) is 20.8 Å². The SMILES string of the molecule is CCC[Si](CCC)(CCC)N1C(=O)CN(C2CCCCC2)C1=O. The first-order chi connectivity index (χ1) is 11.1. The van der Waals surface area contributed by atoms with Gasteiger partial charge < -0.3 is 4.90 Å². The Balaban J connectivity index is 2.23. The van der Waals surface area contributed by atoms with Gasteiger partial charge in [0, 0.05) is 6.04 Å². The van der Waals surface area contributed by atoms with Gasteiger partial charge in [0.15, 0.2) is 8.24 Å². The van der Waals surface area contributed by atoms with Crippen molar-refractivity contribution in [2.45, 2.75) is 96.3 Å². The summed E-state index contributed by atoms with van der Waals surface area (Å²) in [5.41, 5.74) is 0. The fourth-order valence-electron chi connectivity index (χ4n) is 4.77. The first kappa shape index (κ1) is 18.5. The molecule has 1 aliphatic heterocycles. The standard InChI is InChI=1S/C18H34N2O2Si/c1-4-12-23(13-5-2,14-6-3)20-17(21)15-19(18(20)22)16-10-8-7-9-11-16/h16H,4-15H2,1-3H3. The van der Waals surface area contributed by atoms with Crippen molar-refractivity contribution in [3.63, 3.8) is 0 Å². The van der Waals surface area contributed by atoms with Crippen molar-refractivity contribution < 1.29 is 9.59 Å². The minimum Gasteiger partial charge on any atom is -0.313 e. The van der Waals surface area contributed by atoms with E-state index in [1.807, 2.05) is 9.47 Å². The summed E-state index contributed by atoms with van der Waals surface area (Å²) in [7, 11) is -2.00. The molecule has 2 rings (SSSR count). The Morgan fingerprint density at radius 2 is 1.43 bits per heavy atom. The molecule has 3 amide bonds. The van der Waals surface area contributed by atoms with E-state index in [-0.39, 0.29) is 11.9 Å². The number of nitrogens with zero attached hydrogens (tertiary/aromatic N) is 2. The average Bonchev–Trinajstić information content (AvgIpc) is 2.84. The van der Waals surface area contributed by atoms with Gasteiger partial charge in [-0.3, -0.25) is 9.36 Å². The summed E-state index contributed by atoms with van der Waals surface area (Å²) >= 11 is 0. The molecular formula is C18H34N2O2Si. The molecule has 1 saturated carbocycles. The number of hydrogen-bond acceptors (Lipinski definition) is 2. The van der Waals surface area contributed by atoms with Gasteiger partial charge in [-0.15, -0.1) is 0 Å². The average molecular weight is 339 g/mol. The molecule has 0 aromatic rings. The number of amides is 3. The highest BCUT2D eigenvalue weighted by atomic mass is 28.3. The van der Waals surface area contributed by atoms with Gasteiger partial charge in [-0.2, -0.15) is 0 Å². The molecule has 1 aliphatic carbocycles. The second-order valence-electron chi connectivity index (χ2n) is 7.41. The van der Waals surface area contributed by atoms with E-state index in [1.165, 1.54) is 19.3 Å². The lowest BCUT2D eigenvalue weighted by atomic mass is 9.94. The molecule has 0 aromatic heterocycles. The molecule has 1 heterocycles. The van der Waals surface area contributed by atoms with Crippen molar-refractivity contribution in [1.29, 1.82) is 0 Å². The van der Waals surface area contributed by atoms with E-state index in [9.17, 15) is 9.59 Å². The Kier molecular flexibility index (Phi) is 6.68. The van der Waals surface area contributed by atoms with Crippen molar-refractivity contribution in [2.24, 2.45) is 0 Å². The van der Waals surface area contributed by atoms with Gasteiger partial charge in [0.2, 0.25) is 5.91 Å². The van der Waals surface area contributed by atoms with Crippen LogP contribution in [-0.4, -0.2) is 42.2 Å². The van der Waals surface area contributed by atoms with Gasteiger partial charge in [0.1, 0.15) is 6.54 Å². The lowest BCUT2D eigenvalue weighted by molar-refractivity contribution is -0.122. The Morgan fingerprint density at radius 1 is 0.913 bits per heavy atom. The molecule has 2 fully saturated rings. The number of imide groups is 1. The Morgan fingerprint density at radius 3 is 1.91 bits per heavy atom. The van der Waals surface area contributed by atoms with Crippen molar-refractivity contribution in [3.8, 4) is 0 Å². The molecule has 0 radical (unpaired) electrons. The minimum atomic E-state index is -2.00. The van der Waals surface area contributed by atoms with Crippen LogP contribution in [0.5, 0.6) is 0 Å². The highest BCUT2D eigenvalue weighted by Gasteiger charge is 2.50. The van der Waals surface area contributed by atoms with E-state index < -0.39 is 8.24 Å². The zero-order valence-corrected chi connectivity index (χ0v) is 16.3.